The number of Topliss-reactive ketones (excluding diaryl/α,β-unsaturated/α-hetero) is 1. The van der Waals surface area contributed by atoms with Gasteiger partial charge in [0.1, 0.15) is 5.78 Å². The minimum Gasteiger partial charge on any atom is -0.379 e. The van der Waals surface area contributed by atoms with Crippen LogP contribution in [0.4, 0.5) is 0 Å². The molecule has 4 nitrogen and oxygen atoms in total. The Labute approximate surface area is 77.6 Å². The highest BCUT2D eigenvalue weighted by Crippen LogP contribution is 2.05. The summed E-state index contributed by atoms with van der Waals surface area (Å²) in [4.78, 5) is 21.7. The van der Waals surface area contributed by atoms with Crippen molar-refractivity contribution in [3.8, 4) is 0 Å². The summed E-state index contributed by atoms with van der Waals surface area (Å²) >= 11 is 0. The third kappa shape index (κ3) is 4.03. The third-order valence-electron chi connectivity index (χ3n) is 1.93. The van der Waals surface area contributed by atoms with E-state index in [1.807, 2.05) is 0 Å². The molecule has 1 unspecified atom stereocenters. The molecule has 1 N–H and O–H groups in total. The van der Waals surface area contributed by atoms with Crippen molar-refractivity contribution in [1.29, 1.82) is 0 Å². The molecule has 1 rings (SSSR count). The molecule has 0 radical (unpaired) electrons. The van der Waals surface area contributed by atoms with Crippen LogP contribution < -0.4 is 5.32 Å². The van der Waals surface area contributed by atoms with Crippen LogP contribution in [0.15, 0.2) is 0 Å². The van der Waals surface area contributed by atoms with Gasteiger partial charge in [0, 0.05) is 6.61 Å². The SMILES string of the molecule is CC(=O)CC(=O)NC1CCCOC1. The molecule has 1 saturated heterocycles. The van der Waals surface area contributed by atoms with E-state index in [1.54, 1.807) is 0 Å². The van der Waals surface area contributed by atoms with Crippen molar-refractivity contribution in [2.24, 2.45) is 0 Å². The Balaban J connectivity index is 2.22. The van der Waals surface area contributed by atoms with E-state index < -0.39 is 0 Å². The fraction of sp³-hybridized carbons (Fsp3) is 0.778. The van der Waals surface area contributed by atoms with Gasteiger partial charge in [-0.2, -0.15) is 0 Å². The molecule has 0 spiro atoms. The summed E-state index contributed by atoms with van der Waals surface area (Å²) < 4.78 is 5.19. The van der Waals surface area contributed by atoms with Crippen molar-refractivity contribution < 1.29 is 14.3 Å². The lowest BCUT2D eigenvalue weighted by atomic mass is 10.1. The van der Waals surface area contributed by atoms with Crippen molar-refractivity contribution in [2.45, 2.75) is 32.2 Å². The summed E-state index contributed by atoms with van der Waals surface area (Å²) in [5, 5.41) is 2.77. The highest BCUT2D eigenvalue weighted by Gasteiger charge is 2.16. The Morgan fingerprint density at radius 1 is 1.54 bits per heavy atom. The normalized spacial score (nSPS) is 22.4. The standard InChI is InChI=1S/C9H15NO3/c1-7(11)5-9(12)10-8-3-2-4-13-6-8/h8H,2-6H2,1H3,(H,10,12). The number of hydrogen-bond acceptors (Lipinski definition) is 3. The lowest BCUT2D eigenvalue weighted by Gasteiger charge is -2.22. The van der Waals surface area contributed by atoms with E-state index >= 15 is 0 Å². The zero-order valence-electron chi connectivity index (χ0n) is 7.84. The number of nitrogens with one attached hydrogen (secondary N) is 1. The van der Waals surface area contributed by atoms with Gasteiger partial charge in [-0.3, -0.25) is 9.59 Å². The predicted molar refractivity (Wildman–Crippen MR) is 47.3 cm³/mol. The molecule has 0 bridgehead atoms. The van der Waals surface area contributed by atoms with Gasteiger partial charge in [0.05, 0.1) is 19.1 Å². The monoisotopic (exact) mass is 185 g/mol. The second-order valence-electron chi connectivity index (χ2n) is 3.36. The fourth-order valence-electron chi connectivity index (χ4n) is 1.36. The Hall–Kier alpha value is -0.900. The van der Waals surface area contributed by atoms with Crippen LogP contribution >= 0.6 is 0 Å². The van der Waals surface area contributed by atoms with Crippen LogP contribution in [0.3, 0.4) is 0 Å². The van der Waals surface area contributed by atoms with Gasteiger partial charge >= 0.3 is 0 Å². The number of ketones is 1. The van der Waals surface area contributed by atoms with Crippen LogP contribution in [0.2, 0.25) is 0 Å². The molecule has 1 aliphatic rings. The summed E-state index contributed by atoms with van der Waals surface area (Å²) in [6, 6.07) is 0.0978. The predicted octanol–water partition coefficient (Wildman–Crippen LogP) is 0.261. The van der Waals surface area contributed by atoms with Crippen LogP contribution in [-0.2, 0) is 14.3 Å². The summed E-state index contributed by atoms with van der Waals surface area (Å²) in [5.74, 6) is -0.294. The maximum absolute atomic E-state index is 11.1. The summed E-state index contributed by atoms with van der Waals surface area (Å²) in [6.07, 6.45) is 1.91. The van der Waals surface area contributed by atoms with E-state index in [1.165, 1.54) is 6.92 Å². The number of rotatable bonds is 3. The van der Waals surface area contributed by atoms with Crippen molar-refractivity contribution in [1.82, 2.24) is 5.32 Å². The highest BCUT2D eigenvalue weighted by atomic mass is 16.5. The Bertz CT molecular complexity index is 197. The van der Waals surface area contributed by atoms with E-state index in [9.17, 15) is 9.59 Å². The molecule has 1 fully saturated rings. The first-order valence-electron chi connectivity index (χ1n) is 4.55. The van der Waals surface area contributed by atoms with Crippen molar-refractivity contribution in [3.05, 3.63) is 0 Å². The molecule has 0 aromatic carbocycles. The molecule has 0 aromatic rings. The molecule has 74 valence electrons. The Kier molecular flexibility index (Phi) is 3.89. The average Bonchev–Trinajstić information content (AvgIpc) is 2.04. The minimum atomic E-state index is -0.192. The lowest BCUT2D eigenvalue weighted by molar-refractivity contribution is -0.128. The van der Waals surface area contributed by atoms with Gasteiger partial charge in [-0.05, 0) is 19.8 Å². The second kappa shape index (κ2) is 4.97. The van der Waals surface area contributed by atoms with Crippen LogP contribution in [-0.4, -0.2) is 30.9 Å². The molecule has 0 aliphatic carbocycles. The van der Waals surface area contributed by atoms with Gasteiger partial charge in [-0.25, -0.2) is 0 Å². The van der Waals surface area contributed by atoms with Crippen molar-refractivity contribution in [2.75, 3.05) is 13.2 Å². The van der Waals surface area contributed by atoms with Crippen molar-refractivity contribution in [3.63, 3.8) is 0 Å². The molecule has 1 amide bonds. The minimum absolute atomic E-state index is 0.0174. The van der Waals surface area contributed by atoms with Gasteiger partial charge in [0.15, 0.2) is 0 Å². The zero-order valence-corrected chi connectivity index (χ0v) is 7.84. The van der Waals surface area contributed by atoms with E-state index in [0.717, 1.165) is 19.4 Å². The van der Waals surface area contributed by atoms with Crippen LogP contribution in [0.5, 0.6) is 0 Å². The molecular weight excluding hydrogens is 170 g/mol. The van der Waals surface area contributed by atoms with Gasteiger partial charge in [0.2, 0.25) is 5.91 Å². The van der Waals surface area contributed by atoms with Gasteiger partial charge < -0.3 is 10.1 Å². The molecule has 1 aliphatic heterocycles. The Morgan fingerprint density at radius 2 is 2.31 bits per heavy atom. The van der Waals surface area contributed by atoms with Gasteiger partial charge in [0.25, 0.3) is 0 Å². The molecule has 1 heterocycles. The summed E-state index contributed by atoms with van der Waals surface area (Å²) in [5.41, 5.74) is 0. The molecule has 13 heavy (non-hydrogen) atoms. The largest absolute Gasteiger partial charge is 0.379 e. The maximum Gasteiger partial charge on any atom is 0.227 e. The number of carbonyl (C=O) groups excluding carboxylic acids is 2. The summed E-state index contributed by atoms with van der Waals surface area (Å²) in [7, 11) is 0. The van der Waals surface area contributed by atoms with Crippen LogP contribution in [0.25, 0.3) is 0 Å². The second-order valence-corrected chi connectivity index (χ2v) is 3.36. The molecule has 1 atom stereocenters. The highest BCUT2D eigenvalue weighted by molar-refractivity contribution is 5.96. The molecular formula is C9H15NO3. The number of amides is 1. The maximum atomic E-state index is 11.1. The lowest BCUT2D eigenvalue weighted by Crippen LogP contribution is -2.41. The van der Waals surface area contributed by atoms with E-state index in [0.29, 0.717) is 6.61 Å². The van der Waals surface area contributed by atoms with Gasteiger partial charge in [-0.1, -0.05) is 0 Å². The Morgan fingerprint density at radius 3 is 2.85 bits per heavy atom. The third-order valence-corrected chi connectivity index (χ3v) is 1.93. The molecule has 0 aromatic heterocycles. The molecule has 4 heteroatoms. The zero-order chi connectivity index (χ0) is 9.68. The quantitative estimate of drug-likeness (QED) is 0.642. The van der Waals surface area contributed by atoms with Crippen molar-refractivity contribution >= 4 is 11.7 Å². The van der Waals surface area contributed by atoms with Crippen LogP contribution in [0, 0.1) is 0 Å². The number of hydrogen-bond donors (Lipinski definition) is 1. The number of ether oxygens (including phenoxy) is 1. The summed E-state index contributed by atoms with van der Waals surface area (Å²) in [6.45, 7) is 2.76. The van der Waals surface area contributed by atoms with E-state index in [4.69, 9.17) is 4.74 Å². The first kappa shape index (κ1) is 10.2. The van der Waals surface area contributed by atoms with E-state index in [-0.39, 0.29) is 24.2 Å². The topological polar surface area (TPSA) is 55.4 Å². The van der Waals surface area contributed by atoms with E-state index in [2.05, 4.69) is 5.32 Å². The first-order chi connectivity index (χ1) is 6.18. The smallest absolute Gasteiger partial charge is 0.227 e. The van der Waals surface area contributed by atoms with Crippen LogP contribution in [0.1, 0.15) is 26.2 Å². The molecule has 0 saturated carbocycles. The fourth-order valence-corrected chi connectivity index (χ4v) is 1.36. The average molecular weight is 185 g/mol. The first-order valence-corrected chi connectivity index (χ1v) is 4.55. The van der Waals surface area contributed by atoms with Gasteiger partial charge in [-0.15, -0.1) is 0 Å². The number of carbonyl (C=O) groups is 2.